The maximum absolute atomic E-state index is 3.57. The van der Waals surface area contributed by atoms with Gasteiger partial charge in [-0.1, -0.05) is 13.8 Å². The van der Waals surface area contributed by atoms with E-state index in [1.807, 2.05) is 0 Å². The Labute approximate surface area is 92.7 Å². The van der Waals surface area contributed by atoms with Crippen molar-refractivity contribution < 1.29 is 0 Å². The molecule has 13 heavy (non-hydrogen) atoms. The molecule has 1 aromatic rings. The first-order chi connectivity index (χ1) is 6.29. The van der Waals surface area contributed by atoms with Crippen LogP contribution in [0.3, 0.4) is 0 Å². The molecule has 0 aliphatic rings. The molecular weight excluding hydrogens is 246 g/mol. The van der Waals surface area contributed by atoms with E-state index in [2.05, 4.69) is 45.9 Å². The van der Waals surface area contributed by atoms with E-state index >= 15 is 0 Å². The molecule has 1 nitrogen and oxygen atoms in total. The Balaban J connectivity index is 2.61. The normalized spacial score (nSPS) is 13.2. The summed E-state index contributed by atoms with van der Waals surface area (Å²) in [5.74, 6) is 0. The van der Waals surface area contributed by atoms with Gasteiger partial charge in [-0.2, -0.15) is 11.3 Å². The van der Waals surface area contributed by atoms with Gasteiger partial charge < -0.3 is 5.32 Å². The van der Waals surface area contributed by atoms with Gasteiger partial charge in [-0.05, 0) is 46.3 Å². The highest BCUT2D eigenvalue weighted by atomic mass is 79.9. The molecule has 3 heteroatoms. The van der Waals surface area contributed by atoms with Gasteiger partial charge in [-0.15, -0.1) is 0 Å². The summed E-state index contributed by atoms with van der Waals surface area (Å²) in [6, 6.07) is 0.514. The van der Waals surface area contributed by atoms with E-state index in [4.69, 9.17) is 0 Å². The zero-order valence-electron chi connectivity index (χ0n) is 8.14. The number of nitrogens with one attached hydrogen (secondary N) is 1. The van der Waals surface area contributed by atoms with Crippen LogP contribution in [0.25, 0.3) is 0 Å². The van der Waals surface area contributed by atoms with E-state index in [0.717, 1.165) is 13.0 Å². The van der Waals surface area contributed by atoms with Gasteiger partial charge in [-0.3, -0.25) is 0 Å². The highest BCUT2D eigenvalue weighted by Gasteiger charge is 2.11. The van der Waals surface area contributed by atoms with Crippen molar-refractivity contribution in [2.45, 2.75) is 32.7 Å². The number of hydrogen-bond donors (Lipinski definition) is 1. The fourth-order valence-corrected chi connectivity index (χ4v) is 2.96. The van der Waals surface area contributed by atoms with Crippen LogP contribution in [0.2, 0.25) is 0 Å². The largest absolute Gasteiger partial charge is 0.310 e. The highest BCUT2D eigenvalue weighted by Crippen LogP contribution is 2.28. The molecule has 1 aromatic heterocycles. The van der Waals surface area contributed by atoms with E-state index in [-0.39, 0.29) is 0 Å². The van der Waals surface area contributed by atoms with Crippen LogP contribution in [0.4, 0.5) is 0 Å². The smallest absolute Gasteiger partial charge is 0.0337 e. The maximum Gasteiger partial charge on any atom is 0.0337 e. The predicted octanol–water partition coefficient (Wildman–Crippen LogP) is 3.96. The lowest BCUT2D eigenvalue weighted by Gasteiger charge is -2.15. The lowest BCUT2D eigenvalue weighted by atomic mass is 10.1. The van der Waals surface area contributed by atoms with E-state index in [1.54, 1.807) is 11.3 Å². The Morgan fingerprint density at radius 2 is 2.23 bits per heavy atom. The van der Waals surface area contributed by atoms with E-state index < -0.39 is 0 Å². The lowest BCUT2D eigenvalue weighted by Crippen LogP contribution is -2.21. The second-order valence-electron chi connectivity index (χ2n) is 3.09. The highest BCUT2D eigenvalue weighted by molar-refractivity contribution is 9.10. The quantitative estimate of drug-likeness (QED) is 0.846. The van der Waals surface area contributed by atoms with Crippen molar-refractivity contribution in [3.8, 4) is 0 Å². The van der Waals surface area contributed by atoms with E-state index in [1.165, 1.54) is 16.5 Å². The van der Waals surface area contributed by atoms with E-state index in [9.17, 15) is 0 Å². The van der Waals surface area contributed by atoms with Crippen LogP contribution in [-0.2, 0) is 0 Å². The van der Waals surface area contributed by atoms with Gasteiger partial charge in [0.25, 0.3) is 0 Å². The van der Waals surface area contributed by atoms with Crippen LogP contribution >= 0.6 is 27.3 Å². The molecule has 0 aliphatic carbocycles. The summed E-state index contributed by atoms with van der Waals surface area (Å²) in [7, 11) is 0. The first kappa shape index (κ1) is 11.2. The summed E-state index contributed by atoms with van der Waals surface area (Å²) in [4.78, 5) is 0. The van der Waals surface area contributed by atoms with Gasteiger partial charge in [-0.25, -0.2) is 0 Å². The van der Waals surface area contributed by atoms with Gasteiger partial charge in [0.2, 0.25) is 0 Å². The molecule has 0 saturated heterocycles. The molecule has 0 radical (unpaired) electrons. The second kappa shape index (κ2) is 5.78. The van der Waals surface area contributed by atoms with Gasteiger partial charge in [0.1, 0.15) is 0 Å². The number of rotatable bonds is 5. The molecule has 1 unspecified atom stereocenters. The van der Waals surface area contributed by atoms with Gasteiger partial charge in [0.15, 0.2) is 0 Å². The number of hydrogen-bond acceptors (Lipinski definition) is 2. The predicted molar refractivity (Wildman–Crippen MR) is 63.3 cm³/mol. The molecule has 0 aromatic carbocycles. The third-order valence-corrected chi connectivity index (χ3v) is 3.82. The van der Waals surface area contributed by atoms with Crippen molar-refractivity contribution >= 4 is 27.3 Å². The molecule has 1 rings (SSSR count). The van der Waals surface area contributed by atoms with Crippen LogP contribution in [0, 0.1) is 0 Å². The van der Waals surface area contributed by atoms with Crippen molar-refractivity contribution in [1.82, 2.24) is 5.32 Å². The summed E-state index contributed by atoms with van der Waals surface area (Å²) in [6.07, 6.45) is 2.34. The third kappa shape index (κ3) is 3.08. The molecule has 0 aliphatic heterocycles. The fourth-order valence-electron chi connectivity index (χ4n) is 1.33. The fraction of sp³-hybridized carbons (Fsp3) is 0.600. The molecule has 0 bridgehead atoms. The molecule has 1 heterocycles. The summed E-state index contributed by atoms with van der Waals surface area (Å²) < 4.78 is 1.24. The molecule has 74 valence electrons. The lowest BCUT2D eigenvalue weighted by molar-refractivity contribution is 0.518. The summed E-state index contributed by atoms with van der Waals surface area (Å²) >= 11 is 5.33. The average Bonchev–Trinajstić information content (AvgIpc) is 2.54. The van der Waals surface area contributed by atoms with Gasteiger partial charge >= 0.3 is 0 Å². The standard InChI is InChI=1S/C10H16BrNS/c1-3-5-12-10(4-2)8-6-13-7-9(8)11/h6-7,10,12H,3-5H2,1-2H3. The Hall–Kier alpha value is 0.140. The molecular formula is C10H16BrNS. The van der Waals surface area contributed by atoms with Crippen LogP contribution in [0.1, 0.15) is 38.3 Å². The minimum absolute atomic E-state index is 0.514. The van der Waals surface area contributed by atoms with Crippen molar-refractivity contribution in [2.24, 2.45) is 0 Å². The van der Waals surface area contributed by atoms with Crippen molar-refractivity contribution in [3.05, 3.63) is 20.8 Å². The Bertz CT molecular complexity index is 247. The Kier molecular flexibility index (Phi) is 4.99. The van der Waals surface area contributed by atoms with E-state index in [0.29, 0.717) is 6.04 Å². The number of thiophene rings is 1. The Morgan fingerprint density at radius 1 is 1.46 bits per heavy atom. The van der Waals surface area contributed by atoms with Gasteiger partial charge in [0, 0.05) is 15.9 Å². The molecule has 0 fully saturated rings. The van der Waals surface area contributed by atoms with Crippen LogP contribution < -0.4 is 5.32 Å². The molecule has 1 N–H and O–H groups in total. The zero-order valence-corrected chi connectivity index (χ0v) is 10.5. The Morgan fingerprint density at radius 3 is 2.69 bits per heavy atom. The topological polar surface area (TPSA) is 12.0 Å². The molecule has 0 amide bonds. The molecule has 0 spiro atoms. The summed E-state index contributed by atoms with van der Waals surface area (Å²) in [6.45, 7) is 5.51. The second-order valence-corrected chi connectivity index (χ2v) is 4.69. The van der Waals surface area contributed by atoms with Crippen molar-refractivity contribution in [1.29, 1.82) is 0 Å². The van der Waals surface area contributed by atoms with Crippen molar-refractivity contribution in [2.75, 3.05) is 6.54 Å². The SMILES string of the molecule is CCCNC(CC)c1cscc1Br. The summed E-state index contributed by atoms with van der Waals surface area (Å²) in [5.41, 5.74) is 1.40. The third-order valence-electron chi connectivity index (χ3n) is 2.07. The van der Waals surface area contributed by atoms with Crippen LogP contribution in [0.5, 0.6) is 0 Å². The number of halogens is 1. The van der Waals surface area contributed by atoms with Crippen LogP contribution in [0.15, 0.2) is 15.2 Å². The molecule has 0 saturated carbocycles. The minimum Gasteiger partial charge on any atom is -0.310 e. The maximum atomic E-state index is 3.57. The summed E-state index contributed by atoms with van der Waals surface area (Å²) in [5, 5.41) is 7.91. The average molecular weight is 262 g/mol. The molecule has 1 atom stereocenters. The van der Waals surface area contributed by atoms with Crippen LogP contribution in [-0.4, -0.2) is 6.54 Å². The zero-order chi connectivity index (χ0) is 9.68. The van der Waals surface area contributed by atoms with Gasteiger partial charge in [0.05, 0.1) is 0 Å². The minimum atomic E-state index is 0.514. The monoisotopic (exact) mass is 261 g/mol. The van der Waals surface area contributed by atoms with Crippen molar-refractivity contribution in [3.63, 3.8) is 0 Å². The first-order valence-electron chi connectivity index (χ1n) is 4.74. The first-order valence-corrected chi connectivity index (χ1v) is 6.48.